The summed E-state index contributed by atoms with van der Waals surface area (Å²) in [4.78, 5) is 3.86. The van der Waals surface area contributed by atoms with Gasteiger partial charge in [0.2, 0.25) is 0 Å². The Balaban J connectivity index is 1.85. The van der Waals surface area contributed by atoms with Crippen LogP contribution in [0.5, 0.6) is 0 Å². The third kappa shape index (κ3) is 5.16. The highest BCUT2D eigenvalue weighted by atomic mass is 35.7. The van der Waals surface area contributed by atoms with E-state index in [4.69, 9.17) is 22.3 Å². The summed E-state index contributed by atoms with van der Waals surface area (Å²) < 4.78 is 61.4. The van der Waals surface area contributed by atoms with Crippen molar-refractivity contribution in [1.29, 1.82) is 0 Å². The predicted molar refractivity (Wildman–Crippen MR) is 107 cm³/mol. The van der Waals surface area contributed by atoms with Crippen LogP contribution in [0.1, 0.15) is 43.2 Å². The fourth-order valence-corrected chi connectivity index (χ4v) is 4.75. The minimum atomic E-state index is -4.51. The van der Waals surface area contributed by atoms with E-state index in [1.54, 1.807) is 12.1 Å². The molecule has 1 aromatic carbocycles. The lowest BCUT2D eigenvalue weighted by atomic mass is 9.69. The zero-order valence-corrected chi connectivity index (χ0v) is 17.6. The fraction of sp³-hybridized carbons (Fsp3) is 0.421. The molecule has 0 atom stereocenters. The van der Waals surface area contributed by atoms with E-state index >= 15 is 0 Å². The van der Waals surface area contributed by atoms with Gasteiger partial charge in [-0.05, 0) is 36.6 Å². The van der Waals surface area contributed by atoms with Crippen LogP contribution in [0, 0.1) is 0 Å². The van der Waals surface area contributed by atoms with E-state index in [2.05, 4.69) is 10.3 Å². The highest BCUT2D eigenvalue weighted by molar-refractivity contribution is 8.13. The first kappa shape index (κ1) is 22.2. The largest absolute Gasteiger partial charge is 0.417 e. The van der Waals surface area contributed by atoms with Crippen molar-refractivity contribution in [3.05, 3.63) is 52.7 Å². The van der Waals surface area contributed by atoms with E-state index in [1.165, 1.54) is 12.1 Å². The molecule has 29 heavy (non-hydrogen) atoms. The Morgan fingerprint density at radius 3 is 2.24 bits per heavy atom. The molecule has 0 unspecified atom stereocenters. The SMILES string of the molecule is O=S(=O)(Cl)c1ccc(C2(CNc3ncc(C(F)(F)F)cc3Cl)CCCCC2)cc1. The second kappa shape index (κ2) is 8.32. The summed E-state index contributed by atoms with van der Waals surface area (Å²) in [6, 6.07) is 7.27. The van der Waals surface area contributed by atoms with Gasteiger partial charge in [0.1, 0.15) is 5.82 Å². The molecule has 1 fully saturated rings. The van der Waals surface area contributed by atoms with Gasteiger partial charge in [0.05, 0.1) is 15.5 Å². The van der Waals surface area contributed by atoms with E-state index < -0.39 is 20.8 Å². The van der Waals surface area contributed by atoms with Crippen molar-refractivity contribution in [3.63, 3.8) is 0 Å². The summed E-state index contributed by atoms with van der Waals surface area (Å²) in [5, 5.41) is 2.99. The number of nitrogens with zero attached hydrogens (tertiary/aromatic N) is 1. The molecule has 1 aliphatic rings. The Morgan fingerprint density at radius 1 is 1.10 bits per heavy atom. The molecular formula is C19H19Cl2F3N2O2S. The Bertz CT molecular complexity index is 974. The molecule has 0 spiro atoms. The number of aromatic nitrogens is 1. The molecule has 2 aromatic rings. The maximum Gasteiger partial charge on any atom is 0.417 e. The minimum absolute atomic E-state index is 0.0225. The number of hydrogen-bond acceptors (Lipinski definition) is 4. The Hall–Kier alpha value is -1.51. The number of pyridine rings is 1. The van der Waals surface area contributed by atoms with Crippen molar-refractivity contribution in [2.45, 2.75) is 48.6 Å². The van der Waals surface area contributed by atoms with E-state index in [-0.39, 0.29) is 21.2 Å². The maximum absolute atomic E-state index is 12.8. The summed E-state index contributed by atoms with van der Waals surface area (Å²) in [6.07, 6.45) is 1.02. The first-order valence-corrected chi connectivity index (χ1v) is 11.7. The standard InChI is InChI=1S/C19H19Cl2F3N2O2S/c20-16-10-14(19(22,23)24)11-25-17(16)26-12-18(8-2-1-3-9-18)13-4-6-15(7-5-13)29(21,27)28/h4-7,10-11H,1-3,8-9,12H2,(H,25,26). The zero-order valence-electron chi connectivity index (χ0n) is 15.3. The molecule has 0 radical (unpaired) electrons. The van der Waals surface area contributed by atoms with Gasteiger partial charge in [0.15, 0.2) is 0 Å². The molecule has 0 saturated heterocycles. The molecule has 1 heterocycles. The van der Waals surface area contributed by atoms with Crippen LogP contribution in [-0.2, 0) is 20.6 Å². The third-order valence-corrected chi connectivity index (χ3v) is 6.98. The third-order valence-electron chi connectivity index (χ3n) is 5.32. The first-order valence-electron chi connectivity index (χ1n) is 9.03. The predicted octanol–water partition coefficient (Wildman–Crippen LogP) is 6.00. The second-order valence-electron chi connectivity index (χ2n) is 7.21. The van der Waals surface area contributed by atoms with Crippen molar-refractivity contribution in [3.8, 4) is 0 Å². The van der Waals surface area contributed by atoms with Gasteiger partial charge in [-0.3, -0.25) is 0 Å². The summed E-state index contributed by atoms with van der Waals surface area (Å²) in [5.74, 6) is 0.185. The topological polar surface area (TPSA) is 59.1 Å². The lowest BCUT2D eigenvalue weighted by Gasteiger charge is -2.38. The molecular weight excluding hydrogens is 448 g/mol. The highest BCUT2D eigenvalue weighted by Crippen LogP contribution is 2.40. The van der Waals surface area contributed by atoms with Crippen molar-refractivity contribution >= 4 is 37.2 Å². The average molecular weight is 467 g/mol. The van der Waals surface area contributed by atoms with E-state index in [0.717, 1.165) is 49.9 Å². The average Bonchev–Trinajstić information content (AvgIpc) is 2.66. The van der Waals surface area contributed by atoms with E-state index in [9.17, 15) is 21.6 Å². The molecule has 1 N–H and O–H groups in total. The Kier molecular flexibility index (Phi) is 6.36. The summed E-state index contributed by atoms with van der Waals surface area (Å²) in [6.45, 7) is 0.415. The normalized spacial score (nSPS) is 17.1. The molecule has 0 bridgehead atoms. The molecule has 158 valence electrons. The van der Waals surface area contributed by atoms with Gasteiger partial charge < -0.3 is 5.32 Å². The summed E-state index contributed by atoms with van der Waals surface area (Å²) in [5.41, 5.74) is -0.268. The van der Waals surface area contributed by atoms with Crippen LogP contribution in [0.3, 0.4) is 0 Å². The van der Waals surface area contributed by atoms with Gasteiger partial charge >= 0.3 is 6.18 Å². The van der Waals surface area contributed by atoms with Crippen LogP contribution >= 0.6 is 22.3 Å². The molecule has 4 nitrogen and oxygen atoms in total. The molecule has 3 rings (SSSR count). The van der Waals surface area contributed by atoms with Gasteiger partial charge in [0.25, 0.3) is 9.05 Å². The van der Waals surface area contributed by atoms with E-state index in [1.807, 2.05) is 0 Å². The number of alkyl halides is 3. The maximum atomic E-state index is 12.8. The van der Waals surface area contributed by atoms with Crippen LogP contribution in [0.25, 0.3) is 0 Å². The quantitative estimate of drug-likeness (QED) is 0.549. The van der Waals surface area contributed by atoms with Crippen molar-refractivity contribution in [2.24, 2.45) is 0 Å². The van der Waals surface area contributed by atoms with Crippen molar-refractivity contribution in [1.82, 2.24) is 4.98 Å². The smallest absolute Gasteiger partial charge is 0.368 e. The number of halogens is 5. The number of nitrogens with one attached hydrogen (secondary N) is 1. The van der Waals surface area contributed by atoms with Crippen LogP contribution < -0.4 is 5.32 Å². The monoisotopic (exact) mass is 466 g/mol. The molecule has 0 aliphatic heterocycles. The van der Waals surface area contributed by atoms with Crippen LogP contribution in [0.15, 0.2) is 41.4 Å². The number of benzene rings is 1. The van der Waals surface area contributed by atoms with Crippen molar-refractivity contribution < 1.29 is 21.6 Å². The first-order chi connectivity index (χ1) is 13.5. The zero-order chi connectivity index (χ0) is 21.3. The summed E-state index contributed by atoms with van der Waals surface area (Å²) >= 11 is 6.01. The van der Waals surface area contributed by atoms with Gasteiger partial charge in [-0.2, -0.15) is 13.2 Å². The van der Waals surface area contributed by atoms with Gasteiger partial charge in [-0.25, -0.2) is 13.4 Å². The second-order valence-corrected chi connectivity index (χ2v) is 10.2. The van der Waals surface area contributed by atoms with Gasteiger partial charge in [-0.15, -0.1) is 0 Å². The fourth-order valence-electron chi connectivity index (χ4n) is 3.74. The van der Waals surface area contributed by atoms with E-state index in [0.29, 0.717) is 6.54 Å². The highest BCUT2D eigenvalue weighted by Gasteiger charge is 2.35. The number of rotatable bonds is 5. The number of hydrogen-bond donors (Lipinski definition) is 1. The van der Waals surface area contributed by atoms with Crippen LogP contribution in [0.4, 0.5) is 19.0 Å². The summed E-state index contributed by atoms with van der Waals surface area (Å²) in [7, 11) is 1.58. The number of anilines is 1. The molecule has 1 aromatic heterocycles. The lowest BCUT2D eigenvalue weighted by Crippen LogP contribution is -2.36. The van der Waals surface area contributed by atoms with Gasteiger partial charge in [-0.1, -0.05) is 43.0 Å². The Labute approximate surface area is 176 Å². The Morgan fingerprint density at radius 2 is 1.72 bits per heavy atom. The van der Waals surface area contributed by atoms with Crippen molar-refractivity contribution in [2.75, 3.05) is 11.9 Å². The minimum Gasteiger partial charge on any atom is -0.368 e. The van der Waals surface area contributed by atoms with Gasteiger partial charge in [0, 0.05) is 28.8 Å². The van der Waals surface area contributed by atoms with Crippen LogP contribution in [-0.4, -0.2) is 19.9 Å². The molecule has 10 heteroatoms. The van der Waals surface area contributed by atoms with Crippen LogP contribution in [0.2, 0.25) is 5.02 Å². The molecule has 1 aliphatic carbocycles. The molecule has 0 amide bonds. The lowest BCUT2D eigenvalue weighted by molar-refractivity contribution is -0.137. The molecule has 1 saturated carbocycles.